The minimum Gasteiger partial charge on any atom is -0.480 e. The maximum atomic E-state index is 11.3. The Bertz CT molecular complexity index is 454. The zero-order chi connectivity index (χ0) is 21.7. The molecule has 2 saturated carbocycles. The summed E-state index contributed by atoms with van der Waals surface area (Å²) in [6, 6.07) is 0.857. The van der Waals surface area contributed by atoms with Crippen LogP contribution in [0.15, 0.2) is 0 Å². The molecule has 0 aromatic rings. The number of hydrogen-bond acceptors (Lipinski definition) is 5. The minimum absolute atomic E-state index is 0.385. The molecule has 1 amide bonds. The molecule has 0 aromatic carbocycles. The van der Waals surface area contributed by atoms with Crippen LogP contribution in [0.25, 0.3) is 0 Å². The second-order valence-corrected chi connectivity index (χ2v) is 10.1. The fourth-order valence-corrected chi connectivity index (χ4v) is 4.29. The number of rotatable bonds is 7. The van der Waals surface area contributed by atoms with Crippen LogP contribution in [0, 0.1) is 0 Å². The van der Waals surface area contributed by atoms with Gasteiger partial charge in [-0.25, -0.2) is 9.59 Å². The summed E-state index contributed by atoms with van der Waals surface area (Å²) in [6.45, 7) is 5.18. The molecule has 170 valence electrons. The Hall–Kier alpha value is -0.950. The number of carbonyl (C=O) groups is 2. The number of ether oxygens (including phenoxy) is 1. The highest BCUT2D eigenvalue weighted by Crippen LogP contribution is 2.22. The molecule has 0 radical (unpaired) electrons. The molecule has 2 rings (SSSR count). The predicted octanol–water partition coefficient (Wildman–Crippen LogP) is 4.96. The van der Waals surface area contributed by atoms with E-state index >= 15 is 0 Å². The molecule has 0 aromatic heterocycles. The summed E-state index contributed by atoms with van der Waals surface area (Å²) in [7, 11) is 0. The summed E-state index contributed by atoms with van der Waals surface area (Å²) >= 11 is 1.53. The Morgan fingerprint density at radius 1 is 1.00 bits per heavy atom. The third-order valence-electron chi connectivity index (χ3n) is 5.28. The number of nitrogens with one attached hydrogen (secondary N) is 2. The Balaban J connectivity index is 0.000000294. The van der Waals surface area contributed by atoms with Crippen LogP contribution in [0.2, 0.25) is 0 Å². The first kappa shape index (κ1) is 26.1. The van der Waals surface area contributed by atoms with Gasteiger partial charge in [-0.2, -0.15) is 11.8 Å². The second-order valence-electron chi connectivity index (χ2n) is 9.16. The molecule has 0 spiro atoms. The number of amides is 1. The Morgan fingerprint density at radius 2 is 1.48 bits per heavy atom. The monoisotopic (exact) mass is 430 g/mol. The summed E-state index contributed by atoms with van der Waals surface area (Å²) in [5, 5.41) is 15.1. The van der Waals surface area contributed by atoms with Crippen molar-refractivity contribution < 1.29 is 19.4 Å². The molecular weight excluding hydrogens is 388 g/mol. The predicted molar refractivity (Wildman–Crippen MR) is 121 cm³/mol. The molecule has 0 aliphatic heterocycles. The number of alkyl carbamates (subject to hydrolysis) is 1. The second kappa shape index (κ2) is 14.1. The van der Waals surface area contributed by atoms with Crippen molar-refractivity contribution in [3.05, 3.63) is 0 Å². The molecular formula is C22H42N2O4S. The molecule has 1 atom stereocenters. The molecule has 0 saturated heterocycles. The Kier molecular flexibility index (Phi) is 12.7. The molecule has 2 aliphatic rings. The first-order valence-electron chi connectivity index (χ1n) is 11.2. The average molecular weight is 431 g/mol. The smallest absolute Gasteiger partial charge is 0.408 e. The van der Waals surface area contributed by atoms with Gasteiger partial charge in [-0.3, -0.25) is 0 Å². The van der Waals surface area contributed by atoms with Gasteiger partial charge < -0.3 is 20.5 Å². The fourth-order valence-electron chi connectivity index (χ4n) is 3.81. The van der Waals surface area contributed by atoms with E-state index in [2.05, 4.69) is 10.6 Å². The largest absolute Gasteiger partial charge is 0.480 e. The molecule has 6 nitrogen and oxygen atoms in total. The summed E-state index contributed by atoms with van der Waals surface area (Å²) in [4.78, 5) is 22.2. The number of hydrogen-bond donors (Lipinski definition) is 3. The SMILES string of the molecule is C1CCC(NC2CCCCC2)CC1.CSCC[C@@H](NC(=O)OC(C)(C)C)C(=O)O. The minimum atomic E-state index is -1.04. The van der Waals surface area contributed by atoms with Crippen molar-refractivity contribution in [3.8, 4) is 0 Å². The van der Waals surface area contributed by atoms with E-state index in [1.807, 2.05) is 6.26 Å². The Labute approximate surface area is 181 Å². The van der Waals surface area contributed by atoms with Crippen molar-refractivity contribution in [1.29, 1.82) is 0 Å². The third-order valence-corrected chi connectivity index (χ3v) is 5.93. The van der Waals surface area contributed by atoms with Gasteiger partial charge in [0.2, 0.25) is 0 Å². The lowest BCUT2D eigenvalue weighted by atomic mass is 9.91. The number of aliphatic carboxylic acids is 1. The van der Waals surface area contributed by atoms with Crippen molar-refractivity contribution in [2.24, 2.45) is 0 Å². The zero-order valence-electron chi connectivity index (χ0n) is 18.8. The highest BCUT2D eigenvalue weighted by atomic mass is 32.2. The van der Waals surface area contributed by atoms with Crippen molar-refractivity contribution in [3.63, 3.8) is 0 Å². The molecule has 7 heteroatoms. The zero-order valence-corrected chi connectivity index (χ0v) is 19.6. The van der Waals surface area contributed by atoms with Gasteiger partial charge in [0.25, 0.3) is 0 Å². The molecule has 0 unspecified atom stereocenters. The van der Waals surface area contributed by atoms with Gasteiger partial charge in [0.1, 0.15) is 11.6 Å². The Morgan fingerprint density at radius 3 is 1.86 bits per heavy atom. The van der Waals surface area contributed by atoms with E-state index in [0.717, 1.165) is 12.1 Å². The van der Waals surface area contributed by atoms with Crippen LogP contribution in [-0.4, -0.2) is 52.9 Å². The van der Waals surface area contributed by atoms with Crippen LogP contribution < -0.4 is 10.6 Å². The number of carboxylic acid groups (broad SMARTS) is 1. The van der Waals surface area contributed by atoms with Gasteiger partial charge in [-0.05, 0) is 64.9 Å². The van der Waals surface area contributed by atoms with E-state index in [0.29, 0.717) is 12.2 Å². The van der Waals surface area contributed by atoms with Gasteiger partial charge in [0, 0.05) is 12.1 Å². The van der Waals surface area contributed by atoms with E-state index in [1.165, 1.54) is 76.0 Å². The number of thioether (sulfide) groups is 1. The lowest BCUT2D eigenvalue weighted by Gasteiger charge is -2.30. The average Bonchev–Trinajstić information content (AvgIpc) is 2.65. The van der Waals surface area contributed by atoms with Crippen LogP contribution in [0.5, 0.6) is 0 Å². The van der Waals surface area contributed by atoms with Crippen LogP contribution >= 0.6 is 11.8 Å². The highest BCUT2D eigenvalue weighted by Gasteiger charge is 2.23. The lowest BCUT2D eigenvalue weighted by Crippen LogP contribution is -2.43. The molecule has 2 aliphatic carbocycles. The van der Waals surface area contributed by atoms with Crippen LogP contribution in [0.1, 0.15) is 91.4 Å². The fraction of sp³-hybridized carbons (Fsp3) is 0.909. The van der Waals surface area contributed by atoms with E-state index in [9.17, 15) is 9.59 Å². The first-order chi connectivity index (χ1) is 13.7. The van der Waals surface area contributed by atoms with E-state index in [1.54, 1.807) is 20.8 Å². The first-order valence-corrected chi connectivity index (χ1v) is 12.6. The van der Waals surface area contributed by atoms with Crippen molar-refractivity contribution >= 4 is 23.8 Å². The van der Waals surface area contributed by atoms with Gasteiger partial charge in [-0.15, -0.1) is 0 Å². The normalized spacial score (nSPS) is 19.6. The number of carbonyl (C=O) groups excluding carboxylic acids is 1. The highest BCUT2D eigenvalue weighted by molar-refractivity contribution is 7.98. The van der Waals surface area contributed by atoms with Crippen LogP contribution in [0.3, 0.4) is 0 Å². The summed E-state index contributed by atoms with van der Waals surface area (Å²) in [6.07, 6.45) is 16.1. The van der Waals surface area contributed by atoms with Gasteiger partial charge in [-0.1, -0.05) is 38.5 Å². The van der Waals surface area contributed by atoms with Gasteiger partial charge in [0.15, 0.2) is 0 Å². The van der Waals surface area contributed by atoms with Crippen LogP contribution in [-0.2, 0) is 9.53 Å². The van der Waals surface area contributed by atoms with Crippen molar-refractivity contribution in [2.45, 2.75) is 115 Å². The van der Waals surface area contributed by atoms with Crippen molar-refractivity contribution in [2.75, 3.05) is 12.0 Å². The topological polar surface area (TPSA) is 87.7 Å². The summed E-state index contributed by atoms with van der Waals surface area (Å²) in [5.74, 6) is -0.368. The van der Waals surface area contributed by atoms with E-state index < -0.39 is 23.7 Å². The lowest BCUT2D eigenvalue weighted by molar-refractivity contribution is -0.139. The summed E-state index contributed by atoms with van der Waals surface area (Å²) < 4.78 is 4.98. The summed E-state index contributed by atoms with van der Waals surface area (Å²) in [5.41, 5.74) is -0.618. The van der Waals surface area contributed by atoms with Crippen molar-refractivity contribution in [1.82, 2.24) is 10.6 Å². The van der Waals surface area contributed by atoms with E-state index in [4.69, 9.17) is 9.84 Å². The molecule has 3 N–H and O–H groups in total. The van der Waals surface area contributed by atoms with E-state index in [-0.39, 0.29) is 0 Å². The molecule has 29 heavy (non-hydrogen) atoms. The quantitative estimate of drug-likeness (QED) is 0.529. The third kappa shape index (κ3) is 13.1. The van der Waals surface area contributed by atoms with Gasteiger partial charge >= 0.3 is 12.1 Å². The maximum absolute atomic E-state index is 11.3. The molecule has 0 heterocycles. The van der Waals surface area contributed by atoms with Crippen LogP contribution in [0.4, 0.5) is 4.79 Å². The maximum Gasteiger partial charge on any atom is 0.408 e. The number of carboxylic acids is 1. The standard InChI is InChI=1S/C12H23N.C10H19NO4S/c1-3-7-11(8-4-1)13-12-9-5-2-6-10-12;1-10(2,3)15-9(14)11-7(8(12)13)5-6-16-4/h11-13H,1-10H2;7H,5-6H2,1-4H3,(H,11,14)(H,12,13)/t;7-/m.1/s1. The van der Waals surface area contributed by atoms with Gasteiger partial charge in [0.05, 0.1) is 0 Å². The molecule has 0 bridgehead atoms. The molecule has 2 fully saturated rings.